The zero-order valence-corrected chi connectivity index (χ0v) is 15.3. The molecule has 3 aromatic rings. The molecular weight excluding hydrogens is 330 g/mol. The van der Waals surface area contributed by atoms with Crippen molar-refractivity contribution in [1.82, 2.24) is 14.5 Å². The zero-order valence-electron chi connectivity index (χ0n) is 15.3. The highest BCUT2D eigenvalue weighted by Gasteiger charge is 2.25. The summed E-state index contributed by atoms with van der Waals surface area (Å²) in [5, 5.41) is 4.28. The molecule has 1 amide bonds. The van der Waals surface area contributed by atoms with E-state index in [9.17, 15) is 4.79 Å². The molecule has 2 aromatic heterocycles. The van der Waals surface area contributed by atoms with Crippen LogP contribution in [0.15, 0.2) is 54.9 Å². The number of ether oxygens (including phenoxy) is 2. The summed E-state index contributed by atoms with van der Waals surface area (Å²) < 4.78 is 12.4. The molecule has 2 heterocycles. The van der Waals surface area contributed by atoms with Crippen LogP contribution >= 0.6 is 0 Å². The number of carbonyl (C=O) groups is 1. The summed E-state index contributed by atoms with van der Waals surface area (Å²) in [5.41, 5.74) is 2.30. The van der Waals surface area contributed by atoms with E-state index in [2.05, 4.69) is 5.10 Å². The van der Waals surface area contributed by atoms with Crippen LogP contribution in [0.25, 0.3) is 5.52 Å². The summed E-state index contributed by atoms with van der Waals surface area (Å²) >= 11 is 0. The Kier molecular flexibility index (Phi) is 5.53. The fourth-order valence-electron chi connectivity index (χ4n) is 3.03. The molecule has 0 saturated carbocycles. The molecule has 136 valence electrons. The fourth-order valence-corrected chi connectivity index (χ4v) is 3.03. The van der Waals surface area contributed by atoms with Gasteiger partial charge in [-0.25, -0.2) is 4.52 Å². The first kappa shape index (κ1) is 17.9. The average Bonchev–Trinajstić information content (AvgIpc) is 3.10. The smallest absolute Gasteiger partial charge is 0.258 e. The quantitative estimate of drug-likeness (QED) is 0.655. The van der Waals surface area contributed by atoms with E-state index in [1.807, 2.05) is 55.6 Å². The maximum Gasteiger partial charge on any atom is 0.258 e. The molecule has 1 atom stereocenters. The summed E-state index contributed by atoms with van der Waals surface area (Å²) in [4.78, 5) is 15.1. The lowest BCUT2D eigenvalue weighted by molar-refractivity contribution is 0.0542. The molecule has 1 unspecified atom stereocenters. The molecule has 3 rings (SSSR count). The number of aromatic nitrogens is 2. The molecule has 6 nitrogen and oxygen atoms in total. The number of hydrogen-bond donors (Lipinski definition) is 0. The first-order chi connectivity index (χ1) is 12.7. The Morgan fingerprint density at radius 1 is 1.19 bits per heavy atom. The predicted octanol–water partition coefficient (Wildman–Crippen LogP) is 3.02. The van der Waals surface area contributed by atoms with Gasteiger partial charge in [0.05, 0.1) is 43.6 Å². The second kappa shape index (κ2) is 8.01. The van der Waals surface area contributed by atoms with Crippen molar-refractivity contribution < 1.29 is 14.3 Å². The van der Waals surface area contributed by atoms with Crippen molar-refractivity contribution in [1.29, 1.82) is 0 Å². The van der Waals surface area contributed by atoms with Gasteiger partial charge in [-0.15, -0.1) is 0 Å². The summed E-state index contributed by atoms with van der Waals surface area (Å²) in [6.45, 7) is 2.85. The van der Waals surface area contributed by atoms with Gasteiger partial charge in [0.25, 0.3) is 5.91 Å². The van der Waals surface area contributed by atoms with Crippen LogP contribution in [0.5, 0.6) is 5.75 Å². The van der Waals surface area contributed by atoms with Crippen LogP contribution in [0.2, 0.25) is 0 Å². The van der Waals surface area contributed by atoms with Crippen molar-refractivity contribution in [3.05, 3.63) is 66.0 Å². The van der Waals surface area contributed by atoms with E-state index in [0.717, 1.165) is 16.8 Å². The van der Waals surface area contributed by atoms with Crippen LogP contribution in [0, 0.1) is 0 Å². The number of amides is 1. The number of nitrogens with zero attached hydrogens (tertiary/aromatic N) is 3. The van der Waals surface area contributed by atoms with Crippen molar-refractivity contribution >= 4 is 11.4 Å². The summed E-state index contributed by atoms with van der Waals surface area (Å²) in [6, 6.07) is 13.3. The minimum atomic E-state index is -0.101. The van der Waals surface area contributed by atoms with Crippen LogP contribution in [0.4, 0.5) is 0 Å². The van der Waals surface area contributed by atoms with Gasteiger partial charge in [0.2, 0.25) is 0 Å². The monoisotopic (exact) mass is 353 g/mol. The largest absolute Gasteiger partial charge is 0.496 e. The minimum Gasteiger partial charge on any atom is -0.496 e. The van der Waals surface area contributed by atoms with Crippen LogP contribution in [0.1, 0.15) is 22.8 Å². The second-order valence-electron chi connectivity index (χ2n) is 6.14. The molecule has 0 aliphatic rings. The van der Waals surface area contributed by atoms with Gasteiger partial charge < -0.3 is 14.4 Å². The Morgan fingerprint density at radius 2 is 1.96 bits per heavy atom. The van der Waals surface area contributed by atoms with Crippen molar-refractivity contribution in [2.75, 3.05) is 20.8 Å². The maximum atomic E-state index is 13.3. The van der Waals surface area contributed by atoms with Crippen molar-refractivity contribution in [3.63, 3.8) is 0 Å². The second-order valence-corrected chi connectivity index (χ2v) is 6.14. The van der Waals surface area contributed by atoms with E-state index < -0.39 is 0 Å². The average molecular weight is 353 g/mol. The zero-order chi connectivity index (χ0) is 18.5. The summed E-state index contributed by atoms with van der Waals surface area (Å²) in [5.74, 6) is 0.677. The number of carbonyl (C=O) groups excluding carboxylic acids is 1. The number of para-hydroxylation sites is 1. The van der Waals surface area contributed by atoms with Crippen LogP contribution < -0.4 is 4.74 Å². The SMILES string of the molecule is COCC(C)N(Cc1ccccc1OC)C(=O)c1cnn2ccccc12. The van der Waals surface area contributed by atoms with Gasteiger partial charge in [-0.3, -0.25) is 4.79 Å². The van der Waals surface area contributed by atoms with Gasteiger partial charge in [0.15, 0.2) is 0 Å². The van der Waals surface area contributed by atoms with E-state index in [-0.39, 0.29) is 11.9 Å². The topological polar surface area (TPSA) is 56.1 Å². The van der Waals surface area contributed by atoms with E-state index in [4.69, 9.17) is 9.47 Å². The van der Waals surface area contributed by atoms with Crippen molar-refractivity contribution in [2.45, 2.75) is 19.5 Å². The molecule has 0 N–H and O–H groups in total. The molecule has 6 heteroatoms. The third-order valence-corrected chi connectivity index (χ3v) is 4.39. The summed E-state index contributed by atoms with van der Waals surface area (Å²) in [6.07, 6.45) is 3.45. The third-order valence-electron chi connectivity index (χ3n) is 4.39. The van der Waals surface area contributed by atoms with Gasteiger partial charge in [-0.1, -0.05) is 24.3 Å². The van der Waals surface area contributed by atoms with Crippen LogP contribution in [-0.2, 0) is 11.3 Å². The highest BCUT2D eigenvalue weighted by Crippen LogP contribution is 2.23. The van der Waals surface area contributed by atoms with Gasteiger partial charge >= 0.3 is 0 Å². The van der Waals surface area contributed by atoms with Crippen molar-refractivity contribution in [2.24, 2.45) is 0 Å². The number of rotatable bonds is 7. The van der Waals surface area contributed by atoms with Crippen LogP contribution in [-0.4, -0.2) is 47.3 Å². The molecule has 0 radical (unpaired) electrons. The highest BCUT2D eigenvalue weighted by atomic mass is 16.5. The Morgan fingerprint density at radius 3 is 2.73 bits per heavy atom. The van der Waals surface area contributed by atoms with Gasteiger partial charge in [-0.2, -0.15) is 5.10 Å². The fraction of sp³-hybridized carbons (Fsp3) is 0.300. The standard InChI is InChI=1S/C20H23N3O3/c1-15(14-25-2)22(13-16-8-4-5-10-19(16)26-3)20(24)17-12-21-23-11-7-6-9-18(17)23/h4-12,15H,13-14H2,1-3H3. The molecule has 0 spiro atoms. The van der Waals surface area contributed by atoms with E-state index in [0.29, 0.717) is 18.7 Å². The maximum absolute atomic E-state index is 13.3. The molecule has 0 bridgehead atoms. The first-order valence-corrected chi connectivity index (χ1v) is 8.50. The van der Waals surface area contributed by atoms with Gasteiger partial charge in [0.1, 0.15) is 5.75 Å². The van der Waals surface area contributed by atoms with E-state index in [1.54, 1.807) is 29.8 Å². The lowest BCUT2D eigenvalue weighted by Gasteiger charge is -2.29. The number of fused-ring (bicyclic) bond motifs is 1. The molecule has 1 aromatic carbocycles. The van der Waals surface area contributed by atoms with E-state index in [1.165, 1.54) is 0 Å². The highest BCUT2D eigenvalue weighted by molar-refractivity contribution is 6.00. The number of pyridine rings is 1. The number of methoxy groups -OCH3 is 2. The number of hydrogen-bond acceptors (Lipinski definition) is 4. The van der Waals surface area contributed by atoms with Crippen molar-refractivity contribution in [3.8, 4) is 5.75 Å². The Hall–Kier alpha value is -2.86. The Bertz CT molecular complexity index is 891. The normalized spacial score (nSPS) is 12.1. The predicted molar refractivity (Wildman–Crippen MR) is 99.4 cm³/mol. The molecule has 26 heavy (non-hydrogen) atoms. The molecule has 0 fully saturated rings. The van der Waals surface area contributed by atoms with Crippen LogP contribution in [0.3, 0.4) is 0 Å². The molecule has 0 aliphatic heterocycles. The Labute approximate surface area is 152 Å². The summed E-state index contributed by atoms with van der Waals surface area (Å²) in [7, 11) is 3.27. The Balaban J connectivity index is 1.96. The molecular formula is C20H23N3O3. The lowest BCUT2D eigenvalue weighted by atomic mass is 10.1. The lowest BCUT2D eigenvalue weighted by Crippen LogP contribution is -2.40. The molecule has 0 saturated heterocycles. The molecule has 0 aliphatic carbocycles. The van der Waals surface area contributed by atoms with Gasteiger partial charge in [-0.05, 0) is 25.1 Å². The third kappa shape index (κ3) is 3.55. The number of benzene rings is 1. The first-order valence-electron chi connectivity index (χ1n) is 8.50. The van der Waals surface area contributed by atoms with Gasteiger partial charge in [0, 0.05) is 18.9 Å². The van der Waals surface area contributed by atoms with E-state index >= 15 is 0 Å². The minimum absolute atomic E-state index is 0.0818.